The Morgan fingerprint density at radius 1 is 0.973 bits per heavy atom. The lowest BCUT2D eigenvalue weighted by Gasteiger charge is -2.14. The zero-order valence-electron chi connectivity index (χ0n) is 19.1. The van der Waals surface area contributed by atoms with Crippen molar-refractivity contribution < 1.29 is 23.9 Å². The number of rotatable bonds is 7. The number of benzene rings is 3. The highest BCUT2D eigenvalue weighted by Gasteiger charge is 2.35. The molecule has 1 aliphatic heterocycles. The van der Waals surface area contributed by atoms with E-state index in [9.17, 15) is 14.4 Å². The van der Waals surface area contributed by atoms with Gasteiger partial charge in [0.15, 0.2) is 11.5 Å². The molecule has 11 heteroatoms. The molecule has 1 saturated heterocycles. The number of hydrogen-bond donors (Lipinski definition) is 0. The Bertz CT molecular complexity index is 1440. The van der Waals surface area contributed by atoms with Crippen LogP contribution in [0, 0.1) is 0 Å². The van der Waals surface area contributed by atoms with Crippen molar-refractivity contribution in [2.45, 2.75) is 13.5 Å². The standard InChI is InChI=1S/C26H17Cl4NO5S/c1-2-35-21-10-14(9-20(30)23(21)36-25(33)17-5-3-4-6-18(17)28)11-22-24(32)31(26(34)37-22)13-15-7-8-16(27)12-19(15)29/h3-12H,2,13H2,1H3/b22-11-. The maximum atomic E-state index is 13.0. The van der Waals surface area contributed by atoms with Crippen LogP contribution in [-0.4, -0.2) is 28.6 Å². The zero-order valence-corrected chi connectivity index (χ0v) is 22.9. The number of amides is 2. The lowest BCUT2D eigenvalue weighted by atomic mass is 10.1. The molecule has 3 aromatic carbocycles. The second kappa shape index (κ2) is 11.8. The average Bonchev–Trinajstić information content (AvgIpc) is 3.10. The SMILES string of the molecule is CCOc1cc(/C=C2\SC(=O)N(Cc3ccc(Cl)cc3Cl)C2=O)cc(Cl)c1OC(=O)c1ccccc1Cl. The molecule has 1 aliphatic rings. The van der Waals surface area contributed by atoms with Gasteiger partial charge in [-0.15, -0.1) is 0 Å². The minimum absolute atomic E-state index is 0.000103. The molecule has 6 nitrogen and oxygen atoms in total. The predicted octanol–water partition coefficient (Wildman–Crippen LogP) is 8.15. The Kier molecular flexibility index (Phi) is 8.72. The molecule has 0 bridgehead atoms. The quantitative estimate of drug-likeness (QED) is 0.156. The summed E-state index contributed by atoms with van der Waals surface area (Å²) < 4.78 is 11.1. The largest absolute Gasteiger partial charge is 0.490 e. The van der Waals surface area contributed by atoms with Crippen LogP contribution >= 0.6 is 58.2 Å². The van der Waals surface area contributed by atoms with Gasteiger partial charge in [-0.2, -0.15) is 0 Å². The predicted molar refractivity (Wildman–Crippen MR) is 147 cm³/mol. The molecule has 1 heterocycles. The second-order valence-electron chi connectivity index (χ2n) is 7.64. The monoisotopic (exact) mass is 595 g/mol. The molecule has 3 aromatic rings. The number of carbonyl (C=O) groups is 3. The molecule has 0 aliphatic carbocycles. The molecule has 37 heavy (non-hydrogen) atoms. The highest BCUT2D eigenvalue weighted by atomic mass is 35.5. The van der Waals surface area contributed by atoms with E-state index in [4.69, 9.17) is 55.9 Å². The van der Waals surface area contributed by atoms with Gasteiger partial charge in [0, 0.05) is 10.0 Å². The summed E-state index contributed by atoms with van der Waals surface area (Å²) in [6, 6.07) is 14.4. The molecular formula is C26H17Cl4NO5S. The number of halogens is 4. The molecule has 0 atom stereocenters. The van der Waals surface area contributed by atoms with Crippen LogP contribution in [0.4, 0.5) is 4.79 Å². The molecule has 0 N–H and O–H groups in total. The van der Waals surface area contributed by atoms with Crippen molar-refractivity contribution in [3.8, 4) is 11.5 Å². The fourth-order valence-corrected chi connectivity index (χ4v) is 5.19. The summed E-state index contributed by atoms with van der Waals surface area (Å²) in [7, 11) is 0. The highest BCUT2D eigenvalue weighted by Crippen LogP contribution is 2.40. The van der Waals surface area contributed by atoms with Crippen molar-refractivity contribution in [3.63, 3.8) is 0 Å². The van der Waals surface area contributed by atoms with Gasteiger partial charge < -0.3 is 9.47 Å². The summed E-state index contributed by atoms with van der Waals surface area (Å²) >= 11 is 25.5. The molecule has 0 spiro atoms. The summed E-state index contributed by atoms with van der Waals surface area (Å²) in [6.45, 7) is 2.02. The van der Waals surface area contributed by atoms with Crippen molar-refractivity contribution in [2.75, 3.05) is 6.61 Å². The first-order valence-electron chi connectivity index (χ1n) is 10.8. The fraction of sp³-hybridized carbons (Fsp3) is 0.115. The van der Waals surface area contributed by atoms with E-state index in [1.54, 1.807) is 49.4 Å². The Balaban J connectivity index is 1.60. The van der Waals surface area contributed by atoms with Crippen LogP contribution in [0.2, 0.25) is 20.1 Å². The van der Waals surface area contributed by atoms with Crippen LogP contribution in [0.3, 0.4) is 0 Å². The number of imide groups is 1. The first-order valence-corrected chi connectivity index (χ1v) is 13.1. The number of ether oxygens (including phenoxy) is 2. The number of carbonyl (C=O) groups excluding carboxylic acids is 3. The first kappa shape index (κ1) is 27.4. The fourth-order valence-electron chi connectivity index (χ4n) is 3.42. The molecule has 0 saturated carbocycles. The highest BCUT2D eigenvalue weighted by molar-refractivity contribution is 8.18. The first-order chi connectivity index (χ1) is 17.7. The van der Waals surface area contributed by atoms with Gasteiger partial charge in [0.1, 0.15) is 0 Å². The minimum Gasteiger partial charge on any atom is -0.490 e. The van der Waals surface area contributed by atoms with Crippen molar-refractivity contribution in [1.82, 2.24) is 4.90 Å². The Hall–Kier alpha value is -2.68. The summed E-state index contributed by atoms with van der Waals surface area (Å²) in [4.78, 5) is 39.5. The number of thioether (sulfide) groups is 1. The van der Waals surface area contributed by atoms with Gasteiger partial charge in [-0.1, -0.05) is 64.6 Å². The molecular weight excluding hydrogens is 580 g/mol. The number of hydrogen-bond acceptors (Lipinski definition) is 6. The Labute approximate surface area is 237 Å². The van der Waals surface area contributed by atoms with Crippen molar-refractivity contribution >= 4 is 81.4 Å². The smallest absolute Gasteiger partial charge is 0.345 e. The van der Waals surface area contributed by atoms with Gasteiger partial charge in [-0.25, -0.2) is 4.79 Å². The molecule has 2 amide bonds. The van der Waals surface area contributed by atoms with Crippen LogP contribution in [0.1, 0.15) is 28.4 Å². The van der Waals surface area contributed by atoms with Gasteiger partial charge >= 0.3 is 5.97 Å². The van der Waals surface area contributed by atoms with Gasteiger partial charge in [0.05, 0.1) is 33.7 Å². The van der Waals surface area contributed by atoms with Crippen LogP contribution in [0.25, 0.3) is 6.08 Å². The van der Waals surface area contributed by atoms with E-state index in [1.165, 1.54) is 18.2 Å². The van der Waals surface area contributed by atoms with Gasteiger partial charge in [0.2, 0.25) is 0 Å². The number of nitrogens with zero attached hydrogens (tertiary/aromatic N) is 1. The van der Waals surface area contributed by atoms with Crippen molar-refractivity contribution in [1.29, 1.82) is 0 Å². The van der Waals surface area contributed by atoms with E-state index in [0.29, 0.717) is 21.2 Å². The lowest BCUT2D eigenvalue weighted by molar-refractivity contribution is -0.123. The molecule has 1 fully saturated rings. The number of esters is 1. The van der Waals surface area contributed by atoms with E-state index in [0.717, 1.165) is 16.7 Å². The molecule has 190 valence electrons. The van der Waals surface area contributed by atoms with E-state index in [1.807, 2.05) is 0 Å². The Morgan fingerprint density at radius 3 is 2.43 bits per heavy atom. The maximum absolute atomic E-state index is 13.0. The van der Waals surface area contributed by atoms with Crippen LogP contribution in [0.15, 0.2) is 59.5 Å². The van der Waals surface area contributed by atoms with E-state index in [2.05, 4.69) is 0 Å². The summed E-state index contributed by atoms with van der Waals surface area (Å²) in [5, 5.41) is 0.665. The Morgan fingerprint density at radius 2 is 1.73 bits per heavy atom. The third-order valence-electron chi connectivity index (χ3n) is 5.14. The summed E-state index contributed by atoms with van der Waals surface area (Å²) in [5.41, 5.74) is 1.23. The van der Waals surface area contributed by atoms with E-state index < -0.39 is 17.1 Å². The van der Waals surface area contributed by atoms with Crippen molar-refractivity contribution in [3.05, 3.63) is 96.3 Å². The molecule has 4 rings (SSSR count). The molecule has 0 aromatic heterocycles. The van der Waals surface area contributed by atoms with Gasteiger partial charge in [0.25, 0.3) is 11.1 Å². The second-order valence-corrected chi connectivity index (χ2v) is 10.3. The lowest BCUT2D eigenvalue weighted by Crippen LogP contribution is -2.27. The maximum Gasteiger partial charge on any atom is 0.345 e. The van der Waals surface area contributed by atoms with Gasteiger partial charge in [-0.05, 0) is 72.3 Å². The summed E-state index contributed by atoms with van der Waals surface area (Å²) in [5.74, 6) is -0.989. The van der Waals surface area contributed by atoms with Crippen LogP contribution in [-0.2, 0) is 11.3 Å². The van der Waals surface area contributed by atoms with Gasteiger partial charge in [-0.3, -0.25) is 14.5 Å². The zero-order chi connectivity index (χ0) is 26.7. The molecule has 0 unspecified atom stereocenters. The van der Waals surface area contributed by atoms with Crippen molar-refractivity contribution in [2.24, 2.45) is 0 Å². The van der Waals surface area contributed by atoms with Crippen LogP contribution < -0.4 is 9.47 Å². The summed E-state index contributed by atoms with van der Waals surface area (Å²) in [6.07, 6.45) is 1.52. The third kappa shape index (κ3) is 6.25. The topological polar surface area (TPSA) is 72.9 Å². The third-order valence-corrected chi connectivity index (χ3v) is 7.24. The van der Waals surface area contributed by atoms with E-state index >= 15 is 0 Å². The average molecular weight is 597 g/mol. The van der Waals surface area contributed by atoms with E-state index in [-0.39, 0.29) is 45.2 Å². The minimum atomic E-state index is -0.705. The normalized spacial score (nSPS) is 14.4. The molecule has 0 radical (unpaired) electrons. The van der Waals surface area contributed by atoms with Crippen LogP contribution in [0.5, 0.6) is 11.5 Å².